The Morgan fingerprint density at radius 2 is 1.91 bits per heavy atom. The van der Waals surface area contributed by atoms with Crippen LogP contribution in [0.5, 0.6) is 0 Å². The van der Waals surface area contributed by atoms with Crippen molar-refractivity contribution in [1.29, 1.82) is 0 Å². The number of nitrogens with two attached hydrogens (primary N) is 1. The number of hydrogen-bond acceptors (Lipinski definition) is 6. The van der Waals surface area contributed by atoms with Crippen molar-refractivity contribution in [1.82, 2.24) is 14.6 Å². The lowest BCUT2D eigenvalue weighted by molar-refractivity contribution is 0.101. The topological polar surface area (TPSA) is 160 Å². The first-order valence-electron chi connectivity index (χ1n) is 8.65. The zero-order valence-corrected chi connectivity index (χ0v) is 19.8. The van der Waals surface area contributed by atoms with Crippen molar-refractivity contribution in [3.8, 4) is 0 Å². The van der Waals surface area contributed by atoms with Gasteiger partial charge in [0.1, 0.15) is 11.2 Å². The first kappa shape index (κ1) is 23.9. The van der Waals surface area contributed by atoms with Crippen molar-refractivity contribution in [2.45, 2.75) is 9.79 Å². The van der Waals surface area contributed by atoms with E-state index in [9.17, 15) is 21.6 Å². The molecular formula is C17H17ClN6O5S3. The maximum absolute atomic E-state index is 12.8. The highest BCUT2D eigenvalue weighted by Gasteiger charge is 2.20. The number of carbonyl (C=O) groups is 1. The third kappa shape index (κ3) is 4.99. The summed E-state index contributed by atoms with van der Waals surface area (Å²) in [6.07, 6.45) is 1.10. The summed E-state index contributed by atoms with van der Waals surface area (Å²) in [6, 6.07) is 7.65. The van der Waals surface area contributed by atoms with E-state index in [0.717, 1.165) is 12.4 Å². The minimum absolute atomic E-state index is 0.0227. The van der Waals surface area contributed by atoms with Gasteiger partial charge in [-0.3, -0.25) is 10.2 Å². The molecule has 4 N–H and O–H groups in total. The molecule has 3 aromatic rings. The van der Waals surface area contributed by atoms with Gasteiger partial charge in [0, 0.05) is 19.7 Å². The van der Waals surface area contributed by atoms with E-state index >= 15 is 0 Å². The molecule has 0 bridgehead atoms. The summed E-state index contributed by atoms with van der Waals surface area (Å²) in [4.78, 5) is 16.5. The monoisotopic (exact) mass is 516 g/mol. The van der Waals surface area contributed by atoms with E-state index in [4.69, 9.17) is 29.0 Å². The second-order valence-corrected chi connectivity index (χ2v) is 10.7. The molecule has 0 radical (unpaired) electrons. The Morgan fingerprint density at radius 3 is 2.53 bits per heavy atom. The predicted molar refractivity (Wildman–Crippen MR) is 123 cm³/mol. The first-order valence-corrected chi connectivity index (χ1v) is 12.4. The minimum atomic E-state index is -4.15. The standard InChI is InChI=1S/C17H17ClN6O5S3/c1-23(2)9-20-32(28,29)15-7-10(3-5-12(15)18)16(25)22-24-14-6-4-11(31(19,26)27)8-13(14)21-17(24)30/h3-9H,1-2H3,(H,21,30)(H,22,25)(H2,19,26,27). The number of nitrogens with one attached hydrogen (secondary N) is 2. The Morgan fingerprint density at radius 1 is 1.22 bits per heavy atom. The van der Waals surface area contributed by atoms with Crippen LogP contribution < -0.4 is 10.6 Å². The number of carbonyl (C=O) groups excluding carboxylic acids is 1. The van der Waals surface area contributed by atoms with Gasteiger partial charge in [0.15, 0.2) is 4.77 Å². The number of benzene rings is 2. The number of primary sulfonamides is 1. The molecule has 170 valence electrons. The van der Waals surface area contributed by atoms with Gasteiger partial charge in [-0.1, -0.05) is 11.6 Å². The van der Waals surface area contributed by atoms with Crippen molar-refractivity contribution in [3.63, 3.8) is 0 Å². The molecule has 0 spiro atoms. The van der Waals surface area contributed by atoms with Gasteiger partial charge in [0.2, 0.25) is 10.0 Å². The molecule has 1 aromatic heterocycles. The summed E-state index contributed by atoms with van der Waals surface area (Å²) in [6.45, 7) is 0. The molecule has 11 nitrogen and oxygen atoms in total. The fourth-order valence-electron chi connectivity index (χ4n) is 2.60. The van der Waals surface area contributed by atoms with E-state index in [1.807, 2.05) is 0 Å². The van der Waals surface area contributed by atoms with Gasteiger partial charge in [-0.05, 0) is 48.6 Å². The Hall–Kier alpha value is -2.78. The van der Waals surface area contributed by atoms with E-state index in [-0.39, 0.29) is 25.1 Å². The first-order chi connectivity index (χ1) is 14.8. The number of aromatic amines is 1. The number of H-pyrrole nitrogens is 1. The van der Waals surface area contributed by atoms with Gasteiger partial charge < -0.3 is 9.88 Å². The van der Waals surface area contributed by atoms with E-state index in [0.29, 0.717) is 11.0 Å². The van der Waals surface area contributed by atoms with Crippen LogP contribution in [0.15, 0.2) is 50.6 Å². The molecule has 1 amide bonds. The highest BCUT2D eigenvalue weighted by Crippen LogP contribution is 2.25. The number of sulfonamides is 2. The summed E-state index contributed by atoms with van der Waals surface area (Å²) < 4.78 is 52.8. The minimum Gasteiger partial charge on any atom is -0.368 e. The number of rotatable bonds is 6. The predicted octanol–water partition coefficient (Wildman–Crippen LogP) is 1.66. The fraction of sp³-hybridized carbons (Fsp3) is 0.118. The average molecular weight is 517 g/mol. The van der Waals surface area contributed by atoms with Gasteiger partial charge in [0.25, 0.3) is 15.9 Å². The van der Waals surface area contributed by atoms with Crippen molar-refractivity contribution in [2.24, 2.45) is 9.54 Å². The number of nitrogens with zero attached hydrogens (tertiary/aromatic N) is 3. The van der Waals surface area contributed by atoms with Crippen molar-refractivity contribution in [3.05, 3.63) is 51.8 Å². The molecule has 1 heterocycles. The lowest BCUT2D eigenvalue weighted by Gasteiger charge is -2.10. The Kier molecular flexibility index (Phi) is 6.44. The molecule has 0 aliphatic heterocycles. The Bertz CT molecular complexity index is 1520. The van der Waals surface area contributed by atoms with Crippen LogP contribution in [0.25, 0.3) is 11.0 Å². The highest BCUT2D eigenvalue weighted by molar-refractivity contribution is 7.90. The van der Waals surface area contributed by atoms with Gasteiger partial charge in [-0.2, -0.15) is 8.42 Å². The largest absolute Gasteiger partial charge is 0.368 e. The van der Waals surface area contributed by atoms with E-state index in [1.54, 1.807) is 14.1 Å². The van der Waals surface area contributed by atoms with Crippen LogP contribution >= 0.6 is 23.8 Å². The number of imidazole rings is 1. The molecule has 3 rings (SSSR count). The summed E-state index contributed by atoms with van der Waals surface area (Å²) in [5.74, 6) is -0.692. The van der Waals surface area contributed by atoms with Crippen LogP contribution in [0.4, 0.5) is 0 Å². The zero-order valence-electron chi connectivity index (χ0n) is 16.6. The van der Waals surface area contributed by atoms with Crippen LogP contribution in [-0.4, -0.2) is 57.7 Å². The molecule has 0 unspecified atom stereocenters. The van der Waals surface area contributed by atoms with Gasteiger partial charge in [0.05, 0.1) is 21.0 Å². The molecule has 0 saturated carbocycles. The quantitative estimate of drug-likeness (QED) is 0.255. The smallest absolute Gasteiger partial charge is 0.285 e. The average Bonchev–Trinajstić information content (AvgIpc) is 3.00. The number of aromatic nitrogens is 2. The number of fused-ring (bicyclic) bond motifs is 1. The second-order valence-electron chi connectivity index (χ2n) is 6.74. The van der Waals surface area contributed by atoms with E-state index < -0.39 is 26.0 Å². The lowest BCUT2D eigenvalue weighted by Crippen LogP contribution is -2.23. The summed E-state index contributed by atoms with van der Waals surface area (Å²) >= 11 is 11.2. The Balaban J connectivity index is 1.99. The second kappa shape index (κ2) is 8.63. The summed E-state index contributed by atoms with van der Waals surface area (Å²) in [7, 11) is -4.89. The van der Waals surface area contributed by atoms with Crippen molar-refractivity contribution in [2.75, 3.05) is 19.5 Å². The SMILES string of the molecule is CN(C)C=NS(=O)(=O)c1cc(C(=O)Nn2c(=S)[nH]c3cc(S(N)(=O)=O)ccc32)ccc1Cl. The molecule has 0 fully saturated rings. The molecule has 0 aliphatic carbocycles. The molecule has 0 aliphatic rings. The molecule has 15 heteroatoms. The third-order valence-electron chi connectivity index (χ3n) is 4.08. The van der Waals surface area contributed by atoms with Gasteiger partial charge in [-0.25, -0.2) is 18.2 Å². The summed E-state index contributed by atoms with van der Waals surface area (Å²) in [5, 5.41) is 5.03. The van der Waals surface area contributed by atoms with Crippen LogP contribution in [0.1, 0.15) is 10.4 Å². The highest BCUT2D eigenvalue weighted by atomic mass is 35.5. The van der Waals surface area contributed by atoms with Crippen LogP contribution in [0.3, 0.4) is 0 Å². The molecule has 32 heavy (non-hydrogen) atoms. The number of halogens is 1. The normalized spacial score (nSPS) is 12.4. The fourth-order valence-corrected chi connectivity index (χ4v) is 4.82. The molecule has 2 aromatic carbocycles. The van der Waals surface area contributed by atoms with Crippen LogP contribution in [0.2, 0.25) is 5.02 Å². The molecular weight excluding hydrogens is 500 g/mol. The number of hydrogen-bond donors (Lipinski definition) is 3. The summed E-state index contributed by atoms with van der Waals surface area (Å²) in [5.41, 5.74) is 3.20. The zero-order chi connectivity index (χ0) is 23.8. The Labute approximate surface area is 193 Å². The van der Waals surface area contributed by atoms with Crippen LogP contribution in [0, 0.1) is 4.77 Å². The molecule has 0 saturated heterocycles. The molecule has 0 atom stereocenters. The van der Waals surface area contributed by atoms with E-state index in [2.05, 4.69) is 14.8 Å². The van der Waals surface area contributed by atoms with Crippen molar-refractivity contribution < 1.29 is 21.6 Å². The number of amides is 1. The third-order valence-corrected chi connectivity index (χ3v) is 6.99. The van der Waals surface area contributed by atoms with E-state index in [1.165, 1.54) is 39.9 Å². The van der Waals surface area contributed by atoms with Crippen LogP contribution in [-0.2, 0) is 20.0 Å². The lowest BCUT2D eigenvalue weighted by atomic mass is 10.2. The van der Waals surface area contributed by atoms with Gasteiger partial charge >= 0.3 is 0 Å². The maximum Gasteiger partial charge on any atom is 0.285 e. The van der Waals surface area contributed by atoms with Crippen molar-refractivity contribution >= 4 is 67.1 Å². The maximum atomic E-state index is 12.8. The van der Waals surface area contributed by atoms with Gasteiger partial charge in [-0.15, -0.1) is 4.40 Å².